The molecule has 1 aliphatic carbocycles. The molecule has 0 bridgehead atoms. The van der Waals surface area contributed by atoms with E-state index in [9.17, 15) is 4.21 Å². The molecule has 1 rings (SSSR count). The Morgan fingerprint density at radius 1 is 1.30 bits per heavy atom. The lowest BCUT2D eigenvalue weighted by atomic mass is 9.95. The molecule has 1 fully saturated rings. The summed E-state index contributed by atoms with van der Waals surface area (Å²) >= 11 is 0. The molecular weight excluding hydrogens is 306 g/mol. The highest BCUT2D eigenvalue weighted by atomic mass is 32.2. The van der Waals surface area contributed by atoms with Gasteiger partial charge in [0.05, 0.1) is 0 Å². The van der Waals surface area contributed by atoms with Crippen molar-refractivity contribution in [2.24, 2.45) is 10.9 Å². The third-order valence-electron chi connectivity index (χ3n) is 4.95. The minimum absolute atomic E-state index is 0.359. The monoisotopic (exact) mass is 343 g/mol. The van der Waals surface area contributed by atoms with Gasteiger partial charge in [0.1, 0.15) is 0 Å². The molecule has 136 valence electrons. The van der Waals surface area contributed by atoms with Gasteiger partial charge in [-0.3, -0.25) is 9.20 Å². The molecule has 2 N–H and O–H groups in total. The molecular formula is C18H37N3OS. The maximum Gasteiger partial charge on any atom is 0.191 e. The van der Waals surface area contributed by atoms with Gasteiger partial charge in [-0.15, -0.1) is 0 Å². The number of aliphatic imine (C=N–C) groups is 1. The zero-order valence-corrected chi connectivity index (χ0v) is 16.4. The van der Waals surface area contributed by atoms with Gasteiger partial charge in [0, 0.05) is 41.4 Å². The highest BCUT2D eigenvalue weighted by molar-refractivity contribution is 7.85. The molecule has 0 radical (unpaired) electrons. The van der Waals surface area contributed by atoms with E-state index in [1.807, 2.05) is 14.0 Å². The minimum Gasteiger partial charge on any atom is -0.356 e. The molecule has 0 aromatic carbocycles. The van der Waals surface area contributed by atoms with E-state index in [-0.39, 0.29) is 0 Å². The molecule has 1 aliphatic rings. The van der Waals surface area contributed by atoms with Crippen molar-refractivity contribution in [1.29, 1.82) is 0 Å². The maximum absolute atomic E-state index is 12.1. The van der Waals surface area contributed by atoms with Crippen LogP contribution in [0.3, 0.4) is 0 Å². The maximum atomic E-state index is 12.1. The summed E-state index contributed by atoms with van der Waals surface area (Å²) in [4.78, 5) is 4.38. The first-order valence-electron chi connectivity index (χ1n) is 9.48. The van der Waals surface area contributed by atoms with Crippen LogP contribution in [-0.2, 0) is 10.8 Å². The van der Waals surface area contributed by atoms with E-state index in [4.69, 9.17) is 0 Å². The number of guanidine groups is 1. The van der Waals surface area contributed by atoms with E-state index < -0.39 is 10.8 Å². The summed E-state index contributed by atoms with van der Waals surface area (Å²) in [6, 6.07) is 0.408. The molecule has 0 spiro atoms. The van der Waals surface area contributed by atoms with Gasteiger partial charge >= 0.3 is 0 Å². The topological polar surface area (TPSA) is 53.5 Å². The Morgan fingerprint density at radius 2 is 2.09 bits per heavy atom. The molecule has 0 aromatic rings. The van der Waals surface area contributed by atoms with Crippen LogP contribution in [0.5, 0.6) is 0 Å². The highest BCUT2D eigenvalue weighted by Crippen LogP contribution is 2.23. The molecule has 0 aromatic heterocycles. The highest BCUT2D eigenvalue weighted by Gasteiger charge is 2.26. The number of nitrogens with zero attached hydrogens (tertiary/aromatic N) is 1. The Labute approximate surface area is 145 Å². The van der Waals surface area contributed by atoms with Gasteiger partial charge in [-0.25, -0.2) is 0 Å². The van der Waals surface area contributed by atoms with Crippen molar-refractivity contribution in [3.8, 4) is 0 Å². The average Bonchev–Trinajstić information content (AvgIpc) is 2.60. The van der Waals surface area contributed by atoms with Gasteiger partial charge in [-0.1, -0.05) is 46.5 Å². The van der Waals surface area contributed by atoms with Crippen LogP contribution in [0.15, 0.2) is 4.99 Å². The van der Waals surface area contributed by atoms with E-state index in [1.54, 1.807) is 0 Å². The van der Waals surface area contributed by atoms with Crippen LogP contribution in [-0.4, -0.2) is 40.8 Å². The summed E-state index contributed by atoms with van der Waals surface area (Å²) in [6.07, 6.45) is 9.52. The van der Waals surface area contributed by atoms with Crippen LogP contribution in [0.1, 0.15) is 72.1 Å². The molecule has 1 saturated carbocycles. The second-order valence-electron chi connectivity index (χ2n) is 6.67. The summed E-state index contributed by atoms with van der Waals surface area (Å²) in [5.74, 6) is 2.41. The van der Waals surface area contributed by atoms with Crippen molar-refractivity contribution in [3.63, 3.8) is 0 Å². The summed E-state index contributed by atoms with van der Waals surface area (Å²) in [7, 11) is 1.17. The lowest BCUT2D eigenvalue weighted by Gasteiger charge is -2.30. The first-order valence-corrected chi connectivity index (χ1v) is 10.9. The SMILES string of the molecule is CCCCC(CC)CNC(=NC)NC1CCCC(S(=O)CC)C1. The standard InChI is InChI=1S/C18H37N3OS/c1-5-8-10-15(6-2)14-20-18(19-4)21-16-11-9-12-17(13-16)23(22)7-3/h15-17H,5-14H2,1-4H3,(H2,19,20,21). The number of unbranched alkanes of at least 4 members (excludes halogenated alkanes) is 1. The normalized spacial score (nSPS) is 25.0. The Balaban J connectivity index is 2.42. The van der Waals surface area contributed by atoms with Crippen molar-refractivity contribution < 1.29 is 4.21 Å². The summed E-state index contributed by atoms with van der Waals surface area (Å²) in [6.45, 7) is 7.53. The molecule has 0 heterocycles. The summed E-state index contributed by atoms with van der Waals surface area (Å²) < 4.78 is 12.1. The van der Waals surface area contributed by atoms with Crippen molar-refractivity contribution in [3.05, 3.63) is 0 Å². The zero-order valence-electron chi connectivity index (χ0n) is 15.6. The van der Waals surface area contributed by atoms with Gasteiger partial charge in [0.2, 0.25) is 0 Å². The van der Waals surface area contributed by atoms with E-state index in [2.05, 4.69) is 29.5 Å². The van der Waals surface area contributed by atoms with Crippen molar-refractivity contribution in [1.82, 2.24) is 10.6 Å². The van der Waals surface area contributed by atoms with Gasteiger partial charge in [0.15, 0.2) is 5.96 Å². The fourth-order valence-corrected chi connectivity index (χ4v) is 4.67. The average molecular weight is 344 g/mol. The predicted molar refractivity (Wildman–Crippen MR) is 103 cm³/mol. The van der Waals surface area contributed by atoms with E-state index in [1.165, 1.54) is 32.1 Å². The number of rotatable bonds is 9. The van der Waals surface area contributed by atoms with Crippen LogP contribution >= 0.6 is 0 Å². The first-order chi connectivity index (χ1) is 11.1. The van der Waals surface area contributed by atoms with Crippen molar-refractivity contribution in [2.75, 3.05) is 19.3 Å². The Bertz CT molecular complexity index is 373. The second kappa shape index (κ2) is 11.9. The predicted octanol–water partition coefficient (Wildman–Crippen LogP) is 3.45. The Morgan fingerprint density at radius 3 is 2.70 bits per heavy atom. The first kappa shape index (κ1) is 20.5. The van der Waals surface area contributed by atoms with E-state index in [0.717, 1.165) is 43.4 Å². The molecule has 23 heavy (non-hydrogen) atoms. The van der Waals surface area contributed by atoms with Crippen molar-refractivity contribution in [2.45, 2.75) is 83.4 Å². The Kier molecular flexibility index (Phi) is 10.6. The number of hydrogen-bond donors (Lipinski definition) is 2. The van der Waals surface area contributed by atoms with Crippen LogP contribution in [0.2, 0.25) is 0 Å². The van der Waals surface area contributed by atoms with Gasteiger partial charge < -0.3 is 10.6 Å². The Hall–Kier alpha value is -0.580. The lowest BCUT2D eigenvalue weighted by molar-refractivity contribution is 0.407. The summed E-state index contributed by atoms with van der Waals surface area (Å²) in [5, 5.41) is 7.41. The molecule has 0 amide bonds. The van der Waals surface area contributed by atoms with E-state index in [0.29, 0.717) is 11.3 Å². The van der Waals surface area contributed by atoms with Crippen molar-refractivity contribution >= 4 is 16.8 Å². The quantitative estimate of drug-likeness (QED) is 0.498. The zero-order chi connectivity index (χ0) is 17.1. The summed E-state index contributed by atoms with van der Waals surface area (Å²) in [5.41, 5.74) is 0. The van der Waals surface area contributed by atoms with E-state index >= 15 is 0 Å². The second-order valence-corrected chi connectivity index (χ2v) is 8.67. The fraction of sp³-hybridized carbons (Fsp3) is 0.944. The number of hydrogen-bond acceptors (Lipinski definition) is 2. The molecule has 5 heteroatoms. The van der Waals surface area contributed by atoms with Crippen LogP contribution in [0.4, 0.5) is 0 Å². The smallest absolute Gasteiger partial charge is 0.191 e. The largest absolute Gasteiger partial charge is 0.356 e. The molecule has 4 nitrogen and oxygen atoms in total. The van der Waals surface area contributed by atoms with Gasteiger partial charge in [-0.05, 0) is 31.6 Å². The molecule has 0 aliphatic heterocycles. The number of nitrogens with one attached hydrogen (secondary N) is 2. The third-order valence-corrected chi connectivity index (χ3v) is 6.69. The van der Waals surface area contributed by atoms with Crippen LogP contribution < -0.4 is 10.6 Å². The fourth-order valence-electron chi connectivity index (χ4n) is 3.32. The molecule has 4 atom stereocenters. The molecule has 4 unspecified atom stereocenters. The lowest BCUT2D eigenvalue weighted by Crippen LogP contribution is -2.47. The minimum atomic E-state index is -0.667. The molecule has 0 saturated heterocycles. The third kappa shape index (κ3) is 7.69. The van der Waals surface area contributed by atoms with Gasteiger partial charge in [0.25, 0.3) is 0 Å². The van der Waals surface area contributed by atoms with Crippen LogP contribution in [0.25, 0.3) is 0 Å². The van der Waals surface area contributed by atoms with Gasteiger partial charge in [-0.2, -0.15) is 0 Å². The van der Waals surface area contributed by atoms with Crippen LogP contribution in [0, 0.1) is 5.92 Å².